The van der Waals surface area contributed by atoms with E-state index in [1.165, 1.54) is 24.3 Å². The summed E-state index contributed by atoms with van der Waals surface area (Å²) in [6.07, 6.45) is 3.08. The van der Waals surface area contributed by atoms with Gasteiger partial charge in [-0.25, -0.2) is 4.39 Å². The molecule has 1 aromatic rings. The molecule has 0 saturated heterocycles. The van der Waals surface area contributed by atoms with Crippen molar-refractivity contribution in [3.8, 4) is 0 Å². The van der Waals surface area contributed by atoms with Crippen molar-refractivity contribution in [3.05, 3.63) is 40.7 Å². The Morgan fingerprint density at radius 3 is 2.92 bits per heavy atom. The molecule has 1 rings (SSSR count). The number of aliphatic hydroxyl groups is 1. The van der Waals surface area contributed by atoms with Crippen LogP contribution in [0, 0.1) is 5.82 Å². The molecule has 1 aromatic carbocycles. The lowest BCUT2D eigenvalue weighted by Gasteiger charge is -1.96. The first-order chi connectivity index (χ1) is 5.74. The highest BCUT2D eigenvalue weighted by atomic mass is 35.5. The average molecular weight is 187 g/mol. The molecule has 0 aliphatic heterocycles. The molecular weight excluding hydrogens is 179 g/mol. The van der Waals surface area contributed by atoms with E-state index in [4.69, 9.17) is 16.7 Å². The maximum absolute atomic E-state index is 12.6. The van der Waals surface area contributed by atoms with E-state index in [1.807, 2.05) is 0 Å². The van der Waals surface area contributed by atoms with Crippen molar-refractivity contribution in [2.75, 3.05) is 6.61 Å². The molecule has 0 unspecified atom stereocenters. The van der Waals surface area contributed by atoms with Gasteiger partial charge in [0.25, 0.3) is 0 Å². The number of benzene rings is 1. The summed E-state index contributed by atoms with van der Waals surface area (Å²) in [4.78, 5) is 0. The predicted molar refractivity (Wildman–Crippen MR) is 47.5 cm³/mol. The van der Waals surface area contributed by atoms with Gasteiger partial charge >= 0.3 is 0 Å². The van der Waals surface area contributed by atoms with E-state index >= 15 is 0 Å². The molecule has 0 fully saturated rings. The lowest BCUT2D eigenvalue weighted by Crippen LogP contribution is -1.79. The van der Waals surface area contributed by atoms with Crippen LogP contribution < -0.4 is 0 Å². The summed E-state index contributed by atoms with van der Waals surface area (Å²) in [5.74, 6) is -0.336. The van der Waals surface area contributed by atoms with Gasteiger partial charge in [-0.05, 0) is 23.8 Å². The highest BCUT2D eigenvalue weighted by Crippen LogP contribution is 2.18. The molecular formula is C9H8ClFO. The van der Waals surface area contributed by atoms with Crippen LogP contribution in [0.3, 0.4) is 0 Å². The van der Waals surface area contributed by atoms with Crippen LogP contribution in [0.25, 0.3) is 6.08 Å². The largest absolute Gasteiger partial charge is 0.392 e. The van der Waals surface area contributed by atoms with Crippen LogP contribution in [0.5, 0.6) is 0 Å². The lowest BCUT2D eigenvalue weighted by atomic mass is 10.2. The van der Waals surface area contributed by atoms with Crippen molar-refractivity contribution >= 4 is 17.7 Å². The summed E-state index contributed by atoms with van der Waals surface area (Å²) in [5.41, 5.74) is 0.575. The fraction of sp³-hybridized carbons (Fsp3) is 0.111. The minimum Gasteiger partial charge on any atom is -0.392 e. The third-order valence-electron chi connectivity index (χ3n) is 1.36. The molecule has 12 heavy (non-hydrogen) atoms. The van der Waals surface area contributed by atoms with Crippen LogP contribution in [0.15, 0.2) is 24.3 Å². The number of hydrogen-bond acceptors (Lipinski definition) is 1. The maximum Gasteiger partial charge on any atom is 0.123 e. The zero-order valence-corrected chi connectivity index (χ0v) is 7.05. The number of aliphatic hydroxyl groups excluding tert-OH is 1. The minimum absolute atomic E-state index is 0.0765. The van der Waals surface area contributed by atoms with Gasteiger partial charge in [0.1, 0.15) is 5.82 Å². The molecule has 1 nitrogen and oxygen atoms in total. The Balaban J connectivity index is 2.97. The standard InChI is InChI=1S/C9H8ClFO/c10-9-4-3-8(11)6-7(9)2-1-5-12/h1-4,6,12H,5H2. The third-order valence-corrected chi connectivity index (χ3v) is 1.71. The fourth-order valence-electron chi connectivity index (χ4n) is 0.822. The first-order valence-electron chi connectivity index (χ1n) is 3.46. The molecule has 0 amide bonds. The topological polar surface area (TPSA) is 20.2 Å². The highest BCUT2D eigenvalue weighted by molar-refractivity contribution is 6.32. The van der Waals surface area contributed by atoms with E-state index in [1.54, 1.807) is 6.08 Å². The first-order valence-corrected chi connectivity index (χ1v) is 3.84. The first kappa shape index (κ1) is 9.23. The van der Waals surface area contributed by atoms with Gasteiger partial charge in [0.2, 0.25) is 0 Å². The van der Waals surface area contributed by atoms with Gasteiger partial charge in [-0.2, -0.15) is 0 Å². The zero-order valence-electron chi connectivity index (χ0n) is 6.30. The molecule has 64 valence electrons. The van der Waals surface area contributed by atoms with Gasteiger partial charge in [-0.15, -0.1) is 0 Å². The van der Waals surface area contributed by atoms with Crippen molar-refractivity contribution in [1.82, 2.24) is 0 Å². The summed E-state index contributed by atoms with van der Waals surface area (Å²) in [7, 11) is 0. The fourth-order valence-corrected chi connectivity index (χ4v) is 1.00. The number of rotatable bonds is 2. The molecule has 0 saturated carbocycles. The van der Waals surface area contributed by atoms with E-state index in [9.17, 15) is 4.39 Å². The second kappa shape index (κ2) is 4.24. The van der Waals surface area contributed by atoms with Gasteiger partial charge in [0, 0.05) is 5.02 Å². The Hall–Kier alpha value is -0.860. The average Bonchev–Trinajstić information content (AvgIpc) is 2.07. The van der Waals surface area contributed by atoms with Gasteiger partial charge in [0.05, 0.1) is 6.61 Å². The highest BCUT2D eigenvalue weighted by Gasteiger charge is 1.97. The van der Waals surface area contributed by atoms with E-state index in [-0.39, 0.29) is 12.4 Å². The Kier molecular flexibility index (Phi) is 3.26. The summed E-state index contributed by atoms with van der Waals surface area (Å²) in [5, 5.41) is 8.94. The Morgan fingerprint density at radius 1 is 1.50 bits per heavy atom. The second-order valence-electron chi connectivity index (χ2n) is 2.25. The van der Waals surface area contributed by atoms with Gasteiger partial charge < -0.3 is 5.11 Å². The van der Waals surface area contributed by atoms with E-state index in [0.717, 1.165) is 0 Å². The molecule has 0 aliphatic rings. The lowest BCUT2D eigenvalue weighted by molar-refractivity contribution is 0.343. The van der Waals surface area contributed by atoms with E-state index in [0.29, 0.717) is 10.6 Å². The quantitative estimate of drug-likeness (QED) is 0.753. The van der Waals surface area contributed by atoms with Crippen molar-refractivity contribution in [3.63, 3.8) is 0 Å². The molecule has 1 N–H and O–H groups in total. The Morgan fingerprint density at radius 2 is 2.25 bits per heavy atom. The predicted octanol–water partition coefficient (Wildman–Crippen LogP) is 2.48. The van der Waals surface area contributed by atoms with Gasteiger partial charge in [-0.3, -0.25) is 0 Å². The molecule has 0 heterocycles. The molecule has 0 bridgehead atoms. The Labute approximate surface area is 75.1 Å². The zero-order chi connectivity index (χ0) is 8.97. The third kappa shape index (κ3) is 2.32. The van der Waals surface area contributed by atoms with Crippen LogP contribution in [-0.4, -0.2) is 11.7 Å². The molecule has 0 aliphatic carbocycles. The van der Waals surface area contributed by atoms with Crippen LogP contribution in [0.2, 0.25) is 5.02 Å². The van der Waals surface area contributed by atoms with E-state index < -0.39 is 0 Å². The van der Waals surface area contributed by atoms with Crippen molar-refractivity contribution in [1.29, 1.82) is 0 Å². The van der Waals surface area contributed by atoms with Gasteiger partial charge in [0.15, 0.2) is 0 Å². The van der Waals surface area contributed by atoms with Crippen LogP contribution in [0.1, 0.15) is 5.56 Å². The maximum atomic E-state index is 12.6. The second-order valence-corrected chi connectivity index (χ2v) is 2.66. The SMILES string of the molecule is OCC=Cc1cc(F)ccc1Cl. The molecule has 0 spiro atoms. The smallest absolute Gasteiger partial charge is 0.123 e. The van der Waals surface area contributed by atoms with Crippen molar-refractivity contribution < 1.29 is 9.50 Å². The summed E-state index contributed by atoms with van der Waals surface area (Å²) >= 11 is 5.73. The molecule has 0 aromatic heterocycles. The number of halogens is 2. The normalized spacial score (nSPS) is 10.9. The Bertz CT molecular complexity index is 297. The molecule has 0 atom stereocenters. The van der Waals surface area contributed by atoms with Crippen LogP contribution in [-0.2, 0) is 0 Å². The van der Waals surface area contributed by atoms with Crippen molar-refractivity contribution in [2.24, 2.45) is 0 Å². The molecule has 3 heteroatoms. The van der Waals surface area contributed by atoms with Gasteiger partial charge in [-0.1, -0.05) is 23.8 Å². The minimum atomic E-state index is -0.336. The van der Waals surface area contributed by atoms with Crippen molar-refractivity contribution in [2.45, 2.75) is 0 Å². The summed E-state index contributed by atoms with van der Waals surface area (Å²) in [6, 6.07) is 4.08. The molecule has 0 radical (unpaired) electrons. The summed E-state index contributed by atoms with van der Waals surface area (Å²) in [6.45, 7) is -0.0765. The van der Waals surface area contributed by atoms with E-state index in [2.05, 4.69) is 0 Å². The van der Waals surface area contributed by atoms with Crippen LogP contribution in [0.4, 0.5) is 4.39 Å². The van der Waals surface area contributed by atoms with Crippen LogP contribution >= 0.6 is 11.6 Å². The number of hydrogen-bond donors (Lipinski definition) is 1. The summed E-state index contributed by atoms with van der Waals surface area (Å²) < 4.78 is 12.6. The monoisotopic (exact) mass is 186 g/mol.